The maximum Gasteiger partial charge on any atom is 0.227 e. The second-order valence-electron chi connectivity index (χ2n) is 7.62. The molecular weight excluding hydrogens is 345 g/mol. The summed E-state index contributed by atoms with van der Waals surface area (Å²) in [7, 11) is 0. The number of amides is 1. The van der Waals surface area contributed by atoms with Gasteiger partial charge in [0, 0.05) is 26.0 Å². The van der Waals surface area contributed by atoms with Crippen LogP contribution < -0.4 is 0 Å². The molecule has 1 aliphatic carbocycles. The number of hydrogen-bond acceptors (Lipinski definition) is 3. The normalized spacial score (nSPS) is 19.6. The van der Waals surface area contributed by atoms with Gasteiger partial charge in [0.25, 0.3) is 0 Å². The number of halogens is 1. The third kappa shape index (κ3) is 4.21. The molecule has 144 valence electrons. The minimum atomic E-state index is -0.325. The second kappa shape index (κ2) is 8.21. The van der Waals surface area contributed by atoms with Gasteiger partial charge in [0.2, 0.25) is 5.91 Å². The zero-order valence-electron chi connectivity index (χ0n) is 15.5. The fourth-order valence-electron chi connectivity index (χ4n) is 3.84. The van der Waals surface area contributed by atoms with Gasteiger partial charge in [0.05, 0.1) is 24.7 Å². The molecule has 2 heterocycles. The summed E-state index contributed by atoms with van der Waals surface area (Å²) >= 11 is 0. The summed E-state index contributed by atoms with van der Waals surface area (Å²) in [6.45, 7) is 2.63. The van der Waals surface area contributed by atoms with E-state index in [1.165, 1.54) is 25.3 Å². The zero-order valence-corrected chi connectivity index (χ0v) is 15.5. The average Bonchev–Trinajstić information content (AvgIpc) is 3.10. The number of carbonyl (C=O) groups excluding carboxylic acids is 1. The number of aromatic nitrogens is 2. The van der Waals surface area contributed by atoms with Crippen LogP contribution in [0.1, 0.15) is 43.0 Å². The number of benzene rings is 1. The topological polar surface area (TPSA) is 47.4 Å². The van der Waals surface area contributed by atoms with Gasteiger partial charge in [-0.3, -0.25) is 9.48 Å². The first kappa shape index (κ1) is 18.2. The highest BCUT2D eigenvalue weighted by Gasteiger charge is 2.28. The third-order valence-corrected chi connectivity index (χ3v) is 5.71. The Morgan fingerprint density at radius 2 is 2.11 bits per heavy atom. The molecule has 5 nitrogen and oxygen atoms in total. The van der Waals surface area contributed by atoms with E-state index >= 15 is 0 Å². The molecule has 0 N–H and O–H groups in total. The van der Waals surface area contributed by atoms with Crippen molar-refractivity contribution >= 4 is 5.91 Å². The molecule has 1 aromatic heterocycles. The van der Waals surface area contributed by atoms with Gasteiger partial charge in [-0.1, -0.05) is 24.6 Å². The van der Waals surface area contributed by atoms with Crippen LogP contribution in [-0.4, -0.2) is 40.3 Å². The lowest BCUT2D eigenvalue weighted by Crippen LogP contribution is -2.42. The maximum atomic E-state index is 13.9. The van der Waals surface area contributed by atoms with Crippen LogP contribution in [0.4, 0.5) is 4.39 Å². The van der Waals surface area contributed by atoms with Gasteiger partial charge >= 0.3 is 0 Å². The molecule has 1 saturated carbocycles. The number of hydrogen-bond donors (Lipinski definition) is 0. The van der Waals surface area contributed by atoms with Gasteiger partial charge in [-0.15, -0.1) is 0 Å². The van der Waals surface area contributed by atoms with E-state index in [0.717, 1.165) is 24.6 Å². The molecule has 1 aromatic carbocycles. The minimum Gasteiger partial charge on any atom is -0.381 e. The molecular formula is C21H26FN3O2. The Bertz CT molecular complexity index is 787. The smallest absolute Gasteiger partial charge is 0.227 e. The summed E-state index contributed by atoms with van der Waals surface area (Å²) in [6.07, 6.45) is 6.58. The fraction of sp³-hybridized carbons (Fsp3) is 0.524. The van der Waals surface area contributed by atoms with Crippen LogP contribution in [0.15, 0.2) is 36.5 Å². The number of ether oxygens (including phenoxy) is 1. The second-order valence-corrected chi connectivity index (χ2v) is 7.62. The average molecular weight is 371 g/mol. The molecule has 1 amide bonds. The predicted octanol–water partition coefficient (Wildman–Crippen LogP) is 3.36. The first-order valence-corrected chi connectivity index (χ1v) is 9.82. The van der Waals surface area contributed by atoms with Gasteiger partial charge < -0.3 is 9.64 Å². The molecule has 1 fully saturated rings. The SMILES string of the molecule is O=C(Cc1ccccc1F)N1Cc2ccnn2C(CCOCC2CCC2)C1. The lowest BCUT2D eigenvalue weighted by Gasteiger charge is -2.34. The molecule has 2 aliphatic rings. The Morgan fingerprint density at radius 3 is 2.89 bits per heavy atom. The molecule has 0 spiro atoms. The van der Waals surface area contributed by atoms with Crippen molar-refractivity contribution in [2.45, 2.75) is 44.7 Å². The third-order valence-electron chi connectivity index (χ3n) is 5.71. The Morgan fingerprint density at radius 1 is 1.26 bits per heavy atom. The van der Waals surface area contributed by atoms with Crippen LogP contribution >= 0.6 is 0 Å². The van der Waals surface area contributed by atoms with Crippen molar-refractivity contribution in [3.8, 4) is 0 Å². The van der Waals surface area contributed by atoms with Gasteiger partial charge in [-0.2, -0.15) is 5.10 Å². The highest BCUT2D eigenvalue weighted by atomic mass is 19.1. The van der Waals surface area contributed by atoms with E-state index in [0.29, 0.717) is 25.3 Å². The van der Waals surface area contributed by atoms with E-state index in [1.807, 2.05) is 15.6 Å². The predicted molar refractivity (Wildman–Crippen MR) is 99.6 cm³/mol. The van der Waals surface area contributed by atoms with E-state index in [2.05, 4.69) is 5.10 Å². The lowest BCUT2D eigenvalue weighted by atomic mass is 9.86. The van der Waals surface area contributed by atoms with Gasteiger partial charge in [0.15, 0.2) is 0 Å². The molecule has 27 heavy (non-hydrogen) atoms. The minimum absolute atomic E-state index is 0.0482. The first-order chi connectivity index (χ1) is 13.2. The molecule has 1 unspecified atom stereocenters. The number of carbonyl (C=O) groups is 1. The van der Waals surface area contributed by atoms with Gasteiger partial charge in [-0.25, -0.2) is 4.39 Å². The number of fused-ring (bicyclic) bond motifs is 1. The van der Waals surface area contributed by atoms with Crippen LogP contribution in [0, 0.1) is 11.7 Å². The van der Waals surface area contributed by atoms with E-state index in [9.17, 15) is 9.18 Å². The summed E-state index contributed by atoms with van der Waals surface area (Å²) in [4.78, 5) is 14.6. The highest BCUT2D eigenvalue weighted by molar-refractivity contribution is 5.79. The molecule has 1 aliphatic heterocycles. The fourth-order valence-corrected chi connectivity index (χ4v) is 3.84. The largest absolute Gasteiger partial charge is 0.381 e. The van der Waals surface area contributed by atoms with Gasteiger partial charge in [-0.05, 0) is 42.9 Å². The molecule has 6 heteroatoms. The Balaban J connectivity index is 1.36. The Labute approximate surface area is 159 Å². The van der Waals surface area contributed by atoms with Crippen LogP contribution in [-0.2, 0) is 22.5 Å². The summed E-state index contributed by atoms with van der Waals surface area (Å²) < 4.78 is 21.7. The number of rotatable bonds is 7. The van der Waals surface area contributed by atoms with Crippen LogP contribution in [0.3, 0.4) is 0 Å². The van der Waals surface area contributed by atoms with Gasteiger partial charge in [0.1, 0.15) is 5.82 Å². The van der Waals surface area contributed by atoms with Crippen LogP contribution in [0.25, 0.3) is 0 Å². The van der Waals surface area contributed by atoms with Crippen molar-refractivity contribution in [3.05, 3.63) is 53.6 Å². The van der Waals surface area contributed by atoms with Crippen molar-refractivity contribution < 1.29 is 13.9 Å². The van der Waals surface area contributed by atoms with Crippen molar-refractivity contribution in [2.24, 2.45) is 5.92 Å². The first-order valence-electron chi connectivity index (χ1n) is 9.82. The molecule has 2 aromatic rings. The van der Waals surface area contributed by atoms with Crippen molar-refractivity contribution in [3.63, 3.8) is 0 Å². The molecule has 0 radical (unpaired) electrons. The zero-order chi connectivity index (χ0) is 18.6. The summed E-state index contributed by atoms with van der Waals surface area (Å²) in [5.41, 5.74) is 1.47. The Kier molecular flexibility index (Phi) is 5.53. The van der Waals surface area contributed by atoms with Crippen molar-refractivity contribution in [1.82, 2.24) is 14.7 Å². The molecule has 1 atom stereocenters. The Hall–Kier alpha value is -2.21. The highest BCUT2D eigenvalue weighted by Crippen LogP contribution is 2.27. The standard InChI is InChI=1S/C21H26FN3O2/c22-20-7-2-1-6-17(20)12-21(26)24-13-18-8-10-23-25(18)19(14-24)9-11-27-15-16-4-3-5-16/h1-2,6-8,10,16,19H,3-5,9,11-15H2. The summed E-state index contributed by atoms with van der Waals surface area (Å²) in [6, 6.07) is 8.53. The van der Waals surface area contributed by atoms with E-state index < -0.39 is 0 Å². The monoisotopic (exact) mass is 371 g/mol. The van der Waals surface area contributed by atoms with Crippen molar-refractivity contribution in [2.75, 3.05) is 19.8 Å². The number of nitrogens with zero attached hydrogens (tertiary/aromatic N) is 3. The maximum absolute atomic E-state index is 13.9. The van der Waals surface area contributed by atoms with E-state index in [1.54, 1.807) is 24.4 Å². The molecule has 0 saturated heterocycles. The van der Waals surface area contributed by atoms with Crippen LogP contribution in [0.5, 0.6) is 0 Å². The summed E-state index contributed by atoms with van der Waals surface area (Å²) in [5, 5.41) is 4.43. The lowest BCUT2D eigenvalue weighted by molar-refractivity contribution is -0.132. The van der Waals surface area contributed by atoms with E-state index in [-0.39, 0.29) is 24.2 Å². The molecule has 0 bridgehead atoms. The molecule has 4 rings (SSSR count). The quantitative estimate of drug-likeness (QED) is 0.701. The van der Waals surface area contributed by atoms with Crippen LogP contribution in [0.2, 0.25) is 0 Å². The van der Waals surface area contributed by atoms with E-state index in [4.69, 9.17) is 4.74 Å². The summed E-state index contributed by atoms with van der Waals surface area (Å²) in [5.74, 6) is 0.359. The van der Waals surface area contributed by atoms with Crippen molar-refractivity contribution in [1.29, 1.82) is 0 Å².